The molecular weight excluding hydrogens is 224 g/mol. The first-order valence-electron chi connectivity index (χ1n) is 6.68. The van der Waals surface area contributed by atoms with Crippen molar-refractivity contribution in [3.63, 3.8) is 0 Å². The van der Waals surface area contributed by atoms with Crippen LogP contribution in [0.1, 0.15) is 39.2 Å². The standard InChI is InChI=1S/C16H20O2/c1-14(2)12-9-10-15(14,3)16(18,13(12)17)11-7-5-4-6-8-11/h4-8,12,18H,9-10H2,1-3H3/t12-,15+,16-/m0/s1. The molecule has 0 aliphatic heterocycles. The Kier molecular flexibility index (Phi) is 2.14. The SMILES string of the molecule is CC1(C)[C@H]2CC[C@@]1(C)[C@](O)(c1ccccc1)C2=O. The van der Waals surface area contributed by atoms with Crippen LogP contribution < -0.4 is 0 Å². The molecule has 1 aromatic rings. The van der Waals surface area contributed by atoms with Crippen LogP contribution in [0.3, 0.4) is 0 Å². The Hall–Kier alpha value is -1.15. The number of carbonyl (C=O) groups is 1. The molecule has 0 spiro atoms. The summed E-state index contributed by atoms with van der Waals surface area (Å²) in [7, 11) is 0. The van der Waals surface area contributed by atoms with E-state index in [2.05, 4.69) is 20.8 Å². The highest BCUT2D eigenvalue weighted by Crippen LogP contribution is 2.70. The van der Waals surface area contributed by atoms with E-state index in [4.69, 9.17) is 0 Å². The number of hydrogen-bond acceptors (Lipinski definition) is 2. The van der Waals surface area contributed by atoms with Crippen molar-refractivity contribution in [1.29, 1.82) is 0 Å². The van der Waals surface area contributed by atoms with Gasteiger partial charge in [0.25, 0.3) is 0 Å². The summed E-state index contributed by atoms with van der Waals surface area (Å²) in [5.41, 5.74) is -1.04. The molecule has 1 N–H and O–H groups in total. The summed E-state index contributed by atoms with van der Waals surface area (Å²) in [4.78, 5) is 12.7. The number of hydrogen-bond donors (Lipinski definition) is 1. The zero-order valence-corrected chi connectivity index (χ0v) is 11.2. The lowest BCUT2D eigenvalue weighted by Gasteiger charge is -2.44. The molecule has 0 unspecified atom stereocenters. The van der Waals surface area contributed by atoms with Crippen LogP contribution in [0.25, 0.3) is 0 Å². The van der Waals surface area contributed by atoms with E-state index in [1.807, 2.05) is 30.3 Å². The quantitative estimate of drug-likeness (QED) is 0.824. The predicted molar refractivity (Wildman–Crippen MR) is 70.0 cm³/mol. The van der Waals surface area contributed by atoms with Gasteiger partial charge in [-0.3, -0.25) is 4.79 Å². The number of fused-ring (bicyclic) bond motifs is 2. The molecule has 18 heavy (non-hydrogen) atoms. The average molecular weight is 244 g/mol. The molecule has 2 saturated carbocycles. The highest BCUT2D eigenvalue weighted by Gasteiger charge is 2.74. The highest BCUT2D eigenvalue weighted by atomic mass is 16.3. The first kappa shape index (κ1) is 11.9. The maximum atomic E-state index is 12.7. The van der Waals surface area contributed by atoms with Gasteiger partial charge in [-0.15, -0.1) is 0 Å². The topological polar surface area (TPSA) is 37.3 Å². The molecule has 96 valence electrons. The molecule has 2 aliphatic rings. The van der Waals surface area contributed by atoms with E-state index in [0.717, 1.165) is 18.4 Å². The molecule has 3 rings (SSSR count). The maximum absolute atomic E-state index is 12.7. The van der Waals surface area contributed by atoms with Crippen molar-refractivity contribution in [2.24, 2.45) is 16.7 Å². The van der Waals surface area contributed by atoms with Crippen LogP contribution in [0.4, 0.5) is 0 Å². The van der Waals surface area contributed by atoms with Gasteiger partial charge in [-0.2, -0.15) is 0 Å². The number of rotatable bonds is 1. The van der Waals surface area contributed by atoms with Gasteiger partial charge in [0, 0.05) is 11.3 Å². The van der Waals surface area contributed by atoms with Gasteiger partial charge in [0.15, 0.2) is 11.4 Å². The van der Waals surface area contributed by atoms with Gasteiger partial charge < -0.3 is 5.11 Å². The molecule has 0 radical (unpaired) electrons. The van der Waals surface area contributed by atoms with Gasteiger partial charge in [-0.05, 0) is 23.8 Å². The fourth-order valence-corrected chi connectivity index (χ4v) is 4.27. The molecule has 0 aromatic heterocycles. The number of Topliss-reactive ketones (excluding diaryl/α,β-unsaturated/α-hetero) is 1. The van der Waals surface area contributed by atoms with Gasteiger partial charge in [-0.25, -0.2) is 0 Å². The van der Waals surface area contributed by atoms with Crippen LogP contribution in [0.15, 0.2) is 30.3 Å². The van der Waals surface area contributed by atoms with Crippen LogP contribution in [-0.2, 0) is 10.4 Å². The molecule has 0 amide bonds. The minimum Gasteiger partial charge on any atom is -0.377 e. The van der Waals surface area contributed by atoms with E-state index in [0.29, 0.717) is 0 Å². The van der Waals surface area contributed by atoms with E-state index >= 15 is 0 Å². The maximum Gasteiger partial charge on any atom is 0.173 e. The molecular formula is C16H20O2. The second-order valence-electron chi connectivity index (χ2n) is 6.59. The summed E-state index contributed by atoms with van der Waals surface area (Å²) in [6.45, 7) is 6.33. The van der Waals surface area contributed by atoms with Crippen molar-refractivity contribution in [2.45, 2.75) is 39.2 Å². The summed E-state index contributed by atoms with van der Waals surface area (Å²) in [6, 6.07) is 9.45. The minimum absolute atomic E-state index is 0.00675. The minimum atomic E-state index is -1.30. The van der Waals surface area contributed by atoms with Gasteiger partial charge in [-0.1, -0.05) is 51.1 Å². The Bertz CT molecular complexity index is 505. The molecule has 2 aliphatic carbocycles. The third-order valence-corrected chi connectivity index (χ3v) is 5.89. The molecule has 2 fully saturated rings. The van der Waals surface area contributed by atoms with Gasteiger partial charge in [0.1, 0.15) is 0 Å². The van der Waals surface area contributed by atoms with Crippen molar-refractivity contribution in [1.82, 2.24) is 0 Å². The Balaban J connectivity index is 2.23. The van der Waals surface area contributed by atoms with Crippen molar-refractivity contribution in [3.8, 4) is 0 Å². The van der Waals surface area contributed by atoms with Crippen LogP contribution in [-0.4, -0.2) is 10.9 Å². The van der Waals surface area contributed by atoms with E-state index in [-0.39, 0.29) is 22.5 Å². The number of carbonyl (C=O) groups excluding carboxylic acids is 1. The van der Waals surface area contributed by atoms with Crippen molar-refractivity contribution in [3.05, 3.63) is 35.9 Å². The first-order valence-corrected chi connectivity index (χ1v) is 6.68. The summed E-state index contributed by atoms with van der Waals surface area (Å²) >= 11 is 0. The van der Waals surface area contributed by atoms with E-state index < -0.39 is 5.60 Å². The fraction of sp³-hybridized carbons (Fsp3) is 0.562. The lowest BCUT2D eigenvalue weighted by molar-refractivity contribution is -0.152. The third kappa shape index (κ3) is 1.02. The Morgan fingerprint density at radius 1 is 1.17 bits per heavy atom. The lowest BCUT2D eigenvalue weighted by atomic mass is 9.62. The normalized spacial score (nSPS) is 41.3. The van der Waals surface area contributed by atoms with Gasteiger partial charge in [0.2, 0.25) is 0 Å². The predicted octanol–water partition coefficient (Wildman–Crippen LogP) is 2.90. The Morgan fingerprint density at radius 3 is 2.28 bits per heavy atom. The monoisotopic (exact) mass is 244 g/mol. The van der Waals surface area contributed by atoms with Crippen molar-refractivity contribution >= 4 is 5.78 Å². The molecule has 2 nitrogen and oxygen atoms in total. The smallest absolute Gasteiger partial charge is 0.173 e. The lowest BCUT2D eigenvalue weighted by Crippen LogP contribution is -2.48. The van der Waals surface area contributed by atoms with Gasteiger partial charge in [0.05, 0.1) is 0 Å². The van der Waals surface area contributed by atoms with Crippen molar-refractivity contribution < 1.29 is 9.90 Å². The Labute approximate surface area is 108 Å². The molecule has 3 atom stereocenters. The molecule has 2 bridgehead atoms. The fourth-order valence-electron chi connectivity index (χ4n) is 4.27. The molecule has 1 aromatic carbocycles. The van der Waals surface area contributed by atoms with Crippen LogP contribution in [0.2, 0.25) is 0 Å². The zero-order chi connectivity index (χ0) is 13.2. The summed E-state index contributed by atoms with van der Waals surface area (Å²) in [6.07, 6.45) is 1.83. The summed E-state index contributed by atoms with van der Waals surface area (Å²) in [5, 5.41) is 11.2. The van der Waals surface area contributed by atoms with E-state index in [1.165, 1.54) is 0 Å². The molecule has 2 heteroatoms. The van der Waals surface area contributed by atoms with E-state index in [1.54, 1.807) is 0 Å². The highest BCUT2D eigenvalue weighted by molar-refractivity contribution is 5.96. The first-order chi connectivity index (χ1) is 8.36. The van der Waals surface area contributed by atoms with E-state index in [9.17, 15) is 9.90 Å². The van der Waals surface area contributed by atoms with Crippen molar-refractivity contribution in [2.75, 3.05) is 0 Å². The second-order valence-corrected chi connectivity index (χ2v) is 6.59. The summed E-state index contributed by atoms with van der Waals surface area (Å²) in [5.74, 6) is 0.0140. The van der Waals surface area contributed by atoms with Crippen LogP contribution in [0, 0.1) is 16.7 Å². The second kappa shape index (κ2) is 3.24. The Morgan fingerprint density at radius 2 is 1.78 bits per heavy atom. The summed E-state index contributed by atoms with van der Waals surface area (Å²) < 4.78 is 0. The zero-order valence-electron chi connectivity index (χ0n) is 11.2. The van der Waals surface area contributed by atoms with Crippen LogP contribution in [0.5, 0.6) is 0 Å². The average Bonchev–Trinajstić information content (AvgIpc) is 2.65. The van der Waals surface area contributed by atoms with Crippen LogP contribution >= 0.6 is 0 Å². The number of aliphatic hydroxyl groups is 1. The molecule has 0 saturated heterocycles. The van der Waals surface area contributed by atoms with Gasteiger partial charge >= 0.3 is 0 Å². The largest absolute Gasteiger partial charge is 0.377 e. The number of benzene rings is 1. The number of ketones is 1. The third-order valence-electron chi connectivity index (χ3n) is 5.89. The molecule has 0 heterocycles.